The number of nitrogens with zero attached hydrogens (tertiary/aromatic N) is 4. The van der Waals surface area contributed by atoms with Crippen molar-refractivity contribution in [1.29, 1.82) is 0 Å². The largest absolute Gasteiger partial charge is 0.457 e. The standard InChI is InChI=1S/C45H30N4O/c1-29-12-11-15-33-28-39(36-18-7-10-21-44(36)50-33)47-45(46-29)49-41-20-9-6-17-35(41)38-27-31(23-25-43(38)49)30-22-24-42-37(26-30)34-16-5-8-19-40(34)48(42)32-13-3-2-4-14-32/h2-28H,1H3. The molecule has 6 aromatic carbocycles. The lowest BCUT2D eigenvalue weighted by atomic mass is 10.0. The molecule has 0 radical (unpaired) electrons. The van der Waals surface area contributed by atoms with Gasteiger partial charge in [-0.3, -0.25) is 4.57 Å². The molecular weight excluding hydrogens is 613 g/mol. The first kappa shape index (κ1) is 28.3. The van der Waals surface area contributed by atoms with E-state index in [1.165, 1.54) is 27.4 Å². The van der Waals surface area contributed by atoms with E-state index in [4.69, 9.17) is 14.7 Å². The Hall–Kier alpha value is -6.72. The van der Waals surface area contributed by atoms with Crippen LogP contribution in [0.25, 0.3) is 77.6 Å². The molecule has 0 saturated heterocycles. The van der Waals surface area contributed by atoms with Crippen molar-refractivity contribution in [2.75, 3.05) is 0 Å². The molecule has 5 nitrogen and oxygen atoms in total. The van der Waals surface area contributed by atoms with Gasteiger partial charge in [0.1, 0.15) is 11.5 Å². The van der Waals surface area contributed by atoms with Gasteiger partial charge in [0, 0.05) is 44.6 Å². The third-order valence-corrected chi connectivity index (χ3v) is 9.66. The second-order valence-electron chi connectivity index (χ2n) is 12.7. The number of para-hydroxylation sites is 4. The highest BCUT2D eigenvalue weighted by atomic mass is 16.5. The predicted octanol–water partition coefficient (Wildman–Crippen LogP) is 11.5. The van der Waals surface area contributed by atoms with Crippen LogP contribution in [-0.4, -0.2) is 19.1 Å². The number of aromatic nitrogens is 4. The van der Waals surface area contributed by atoms with Crippen LogP contribution in [0.4, 0.5) is 0 Å². The number of fused-ring (bicyclic) bond motifs is 10. The van der Waals surface area contributed by atoms with Crippen molar-refractivity contribution in [2.45, 2.75) is 6.92 Å². The predicted molar refractivity (Wildman–Crippen MR) is 204 cm³/mol. The molecule has 0 saturated carbocycles. The molecule has 0 N–H and O–H groups in total. The Bertz CT molecular complexity index is 2860. The Morgan fingerprint density at radius 3 is 1.80 bits per heavy atom. The topological polar surface area (TPSA) is 44.9 Å². The molecule has 0 atom stereocenters. The maximum Gasteiger partial charge on any atom is 0.235 e. The summed E-state index contributed by atoms with van der Waals surface area (Å²) in [5, 5.41) is 4.77. The van der Waals surface area contributed by atoms with Gasteiger partial charge in [-0.25, -0.2) is 9.97 Å². The first-order valence-electron chi connectivity index (χ1n) is 16.8. The molecule has 5 heteroatoms. The van der Waals surface area contributed by atoms with Crippen molar-refractivity contribution in [2.24, 2.45) is 0 Å². The van der Waals surface area contributed by atoms with E-state index in [1.54, 1.807) is 0 Å². The van der Waals surface area contributed by atoms with Gasteiger partial charge in [-0.2, -0.15) is 0 Å². The van der Waals surface area contributed by atoms with E-state index in [1.807, 2.05) is 55.5 Å². The smallest absolute Gasteiger partial charge is 0.235 e. The first-order chi connectivity index (χ1) is 24.7. The van der Waals surface area contributed by atoms with Crippen LogP contribution in [0.15, 0.2) is 164 Å². The fourth-order valence-corrected chi connectivity index (χ4v) is 7.40. The molecule has 2 bridgehead atoms. The summed E-state index contributed by atoms with van der Waals surface area (Å²) in [6.07, 6.45) is 0. The zero-order chi connectivity index (χ0) is 33.2. The zero-order valence-electron chi connectivity index (χ0n) is 27.3. The second-order valence-corrected chi connectivity index (χ2v) is 12.7. The molecule has 1 aliphatic heterocycles. The van der Waals surface area contributed by atoms with Crippen molar-refractivity contribution in [3.05, 3.63) is 169 Å². The molecule has 236 valence electrons. The molecule has 4 heterocycles. The molecule has 0 unspecified atom stereocenters. The van der Waals surface area contributed by atoms with E-state index in [-0.39, 0.29) is 0 Å². The third kappa shape index (κ3) is 4.48. The number of benzene rings is 6. The molecule has 0 amide bonds. The van der Waals surface area contributed by atoms with Crippen molar-refractivity contribution >= 4 is 43.6 Å². The third-order valence-electron chi connectivity index (χ3n) is 9.66. The normalized spacial score (nSPS) is 11.9. The van der Waals surface area contributed by atoms with Gasteiger partial charge in [0.2, 0.25) is 5.95 Å². The van der Waals surface area contributed by atoms with Crippen molar-refractivity contribution in [3.8, 4) is 45.5 Å². The minimum absolute atomic E-state index is 0.602. The summed E-state index contributed by atoms with van der Waals surface area (Å²) < 4.78 is 10.7. The van der Waals surface area contributed by atoms with E-state index < -0.39 is 0 Å². The fourth-order valence-electron chi connectivity index (χ4n) is 7.40. The van der Waals surface area contributed by atoms with Crippen LogP contribution in [-0.2, 0) is 0 Å². The average Bonchev–Trinajstić information content (AvgIpc) is 3.67. The van der Waals surface area contributed by atoms with E-state index in [0.29, 0.717) is 5.95 Å². The Balaban J connectivity index is 1.19. The molecule has 3 aromatic heterocycles. The van der Waals surface area contributed by atoms with Gasteiger partial charge < -0.3 is 9.30 Å². The lowest BCUT2D eigenvalue weighted by Gasteiger charge is -2.16. The minimum atomic E-state index is 0.602. The van der Waals surface area contributed by atoms with Gasteiger partial charge in [0.25, 0.3) is 0 Å². The van der Waals surface area contributed by atoms with Gasteiger partial charge in [0.15, 0.2) is 0 Å². The molecule has 0 aliphatic carbocycles. The SMILES string of the molecule is Cc1cccc2cc(nc(-n3c4ccccc4c4cc(-c5ccc6c(c5)c5ccccc5n6-c5ccccc5)ccc43)n1)-c1ccccc1O2. The van der Waals surface area contributed by atoms with Crippen molar-refractivity contribution in [3.63, 3.8) is 0 Å². The molecule has 50 heavy (non-hydrogen) atoms. The van der Waals surface area contributed by atoms with E-state index in [0.717, 1.165) is 61.5 Å². The molecule has 1 aliphatic rings. The zero-order valence-corrected chi connectivity index (χ0v) is 27.3. The monoisotopic (exact) mass is 642 g/mol. The Morgan fingerprint density at radius 1 is 0.460 bits per heavy atom. The Labute approximate surface area is 288 Å². The highest BCUT2D eigenvalue weighted by Gasteiger charge is 2.19. The van der Waals surface area contributed by atoms with Crippen LogP contribution in [0.2, 0.25) is 0 Å². The quantitative estimate of drug-likeness (QED) is 0.193. The number of hydrogen-bond acceptors (Lipinski definition) is 3. The summed E-state index contributed by atoms with van der Waals surface area (Å²) in [6.45, 7) is 2.00. The first-order valence-corrected chi connectivity index (χ1v) is 16.8. The summed E-state index contributed by atoms with van der Waals surface area (Å²) in [7, 11) is 0. The van der Waals surface area contributed by atoms with Crippen LogP contribution in [0.5, 0.6) is 11.5 Å². The Kier molecular flexibility index (Phi) is 6.33. The minimum Gasteiger partial charge on any atom is -0.457 e. The lowest BCUT2D eigenvalue weighted by Crippen LogP contribution is -2.03. The van der Waals surface area contributed by atoms with Crippen LogP contribution in [0.3, 0.4) is 0 Å². The summed E-state index contributed by atoms with van der Waals surface area (Å²) in [4.78, 5) is 10.4. The van der Waals surface area contributed by atoms with Crippen molar-refractivity contribution < 1.29 is 4.74 Å². The highest BCUT2D eigenvalue weighted by molar-refractivity contribution is 6.12. The maximum atomic E-state index is 6.18. The highest BCUT2D eigenvalue weighted by Crippen LogP contribution is 2.40. The summed E-state index contributed by atoms with van der Waals surface area (Å²) in [6, 6.07) is 57.3. The number of hydrogen-bond donors (Lipinski definition) is 0. The summed E-state index contributed by atoms with van der Waals surface area (Å²) in [5.74, 6) is 2.12. The van der Waals surface area contributed by atoms with E-state index in [9.17, 15) is 0 Å². The van der Waals surface area contributed by atoms with Gasteiger partial charge in [-0.1, -0.05) is 84.9 Å². The number of ether oxygens (including phenoxy) is 1. The van der Waals surface area contributed by atoms with Crippen molar-refractivity contribution in [1.82, 2.24) is 19.1 Å². The fraction of sp³-hybridized carbons (Fsp3) is 0.0222. The number of rotatable bonds is 3. The van der Waals surface area contributed by atoms with Gasteiger partial charge >= 0.3 is 0 Å². The number of aryl methyl sites for hydroxylation is 1. The van der Waals surface area contributed by atoms with Gasteiger partial charge in [0.05, 0.1) is 27.8 Å². The van der Waals surface area contributed by atoms with Crippen LogP contribution < -0.4 is 4.74 Å². The molecule has 10 rings (SSSR count). The van der Waals surface area contributed by atoms with Crippen LogP contribution in [0.1, 0.15) is 5.69 Å². The maximum absolute atomic E-state index is 6.18. The Morgan fingerprint density at radius 2 is 1.06 bits per heavy atom. The molecular formula is C45H30N4O. The summed E-state index contributed by atoms with van der Waals surface area (Å²) in [5.41, 5.74) is 10.6. The van der Waals surface area contributed by atoms with Gasteiger partial charge in [-0.15, -0.1) is 0 Å². The molecule has 0 fully saturated rings. The second kappa shape index (κ2) is 11.2. The summed E-state index contributed by atoms with van der Waals surface area (Å²) >= 11 is 0. The molecule has 0 spiro atoms. The lowest BCUT2D eigenvalue weighted by molar-refractivity contribution is 0.480. The van der Waals surface area contributed by atoms with Crippen LogP contribution in [0, 0.1) is 6.92 Å². The molecule has 9 aromatic rings. The van der Waals surface area contributed by atoms with E-state index >= 15 is 0 Å². The average molecular weight is 643 g/mol. The van der Waals surface area contributed by atoms with E-state index in [2.05, 4.69) is 124 Å². The van der Waals surface area contributed by atoms with Crippen LogP contribution >= 0.6 is 0 Å². The van der Waals surface area contributed by atoms with Gasteiger partial charge in [-0.05, 0) is 90.8 Å².